The first-order chi connectivity index (χ1) is 10.1. The summed E-state index contributed by atoms with van der Waals surface area (Å²) in [4.78, 5) is 27.0. The predicted octanol–water partition coefficient (Wildman–Crippen LogP) is 0.386. The molecule has 1 saturated heterocycles. The highest BCUT2D eigenvalue weighted by Crippen LogP contribution is 2.24. The molecule has 0 spiro atoms. The minimum Gasteiger partial charge on any atom is -0.496 e. The zero-order chi connectivity index (χ0) is 15.4. The van der Waals surface area contributed by atoms with Crippen molar-refractivity contribution in [3.05, 3.63) is 29.8 Å². The van der Waals surface area contributed by atoms with Gasteiger partial charge in [-0.3, -0.25) is 9.59 Å². The summed E-state index contributed by atoms with van der Waals surface area (Å²) in [7, 11) is 1.58. The highest BCUT2D eigenvalue weighted by molar-refractivity contribution is 5.92. The van der Waals surface area contributed by atoms with Gasteiger partial charge in [-0.25, -0.2) is 0 Å². The molecule has 114 valence electrons. The van der Waals surface area contributed by atoms with Gasteiger partial charge in [-0.15, -0.1) is 0 Å². The number of carbonyl (C=O) groups excluding carboxylic acids is 2. The first-order valence-electron chi connectivity index (χ1n) is 7.00. The van der Waals surface area contributed by atoms with Crippen molar-refractivity contribution in [3.63, 3.8) is 0 Å². The Balaban J connectivity index is 2.07. The van der Waals surface area contributed by atoms with Crippen molar-refractivity contribution >= 4 is 11.8 Å². The molecule has 0 saturated carbocycles. The van der Waals surface area contributed by atoms with Crippen LogP contribution in [-0.2, 0) is 9.59 Å². The van der Waals surface area contributed by atoms with E-state index in [1.807, 2.05) is 31.2 Å². The van der Waals surface area contributed by atoms with E-state index in [1.54, 1.807) is 12.0 Å². The molecule has 0 radical (unpaired) electrons. The number of nitrogens with two attached hydrogens (primary N) is 1. The number of para-hydroxylation sites is 1. The molecule has 1 fully saturated rings. The normalized spacial score (nSPS) is 17.1. The largest absolute Gasteiger partial charge is 0.496 e. The van der Waals surface area contributed by atoms with E-state index in [2.05, 4.69) is 0 Å². The molecule has 2 N–H and O–H groups in total. The molecule has 0 bridgehead atoms. The number of hydrogen-bond donors (Lipinski definition) is 1. The molecule has 1 aliphatic rings. The Bertz CT molecular complexity index is 533. The van der Waals surface area contributed by atoms with Crippen molar-refractivity contribution in [1.29, 1.82) is 0 Å². The second-order valence-corrected chi connectivity index (χ2v) is 5.03. The molecule has 2 rings (SSSR count). The van der Waals surface area contributed by atoms with Gasteiger partial charge in [0.1, 0.15) is 5.75 Å². The number of rotatable bonds is 5. The summed E-state index contributed by atoms with van der Waals surface area (Å²) in [6.45, 7) is 2.95. The maximum Gasteiger partial charge on any atom is 0.242 e. The summed E-state index contributed by atoms with van der Waals surface area (Å²) in [6, 6.07) is 7.06. The minimum absolute atomic E-state index is 0.0377. The van der Waals surface area contributed by atoms with Crippen molar-refractivity contribution in [3.8, 4) is 5.75 Å². The number of methoxy groups -OCH3 is 1. The number of nitrogens with zero attached hydrogens (tertiary/aromatic N) is 2. The zero-order valence-corrected chi connectivity index (χ0v) is 12.4. The molecule has 1 atom stereocenters. The Labute approximate surface area is 124 Å². The number of benzene rings is 1. The summed E-state index contributed by atoms with van der Waals surface area (Å²) >= 11 is 0. The summed E-state index contributed by atoms with van der Waals surface area (Å²) in [6.07, 6.45) is 0. The smallest absolute Gasteiger partial charge is 0.242 e. The number of hydrogen-bond acceptors (Lipinski definition) is 4. The molecular weight excluding hydrogens is 270 g/mol. The van der Waals surface area contributed by atoms with Crippen LogP contribution in [0.4, 0.5) is 0 Å². The molecule has 6 heteroatoms. The van der Waals surface area contributed by atoms with E-state index in [9.17, 15) is 9.59 Å². The fourth-order valence-corrected chi connectivity index (χ4v) is 2.47. The Morgan fingerprint density at radius 3 is 2.48 bits per heavy atom. The molecule has 2 amide bonds. The highest BCUT2D eigenvalue weighted by atomic mass is 16.5. The molecule has 1 aromatic rings. The van der Waals surface area contributed by atoms with Crippen molar-refractivity contribution in [2.24, 2.45) is 5.73 Å². The molecule has 1 unspecified atom stereocenters. The Kier molecular flexibility index (Phi) is 4.80. The van der Waals surface area contributed by atoms with Gasteiger partial charge < -0.3 is 20.3 Å². The third kappa shape index (κ3) is 3.33. The lowest BCUT2D eigenvalue weighted by Gasteiger charge is -2.34. The van der Waals surface area contributed by atoms with Gasteiger partial charge in [0, 0.05) is 18.7 Å². The lowest BCUT2D eigenvalue weighted by molar-refractivity contribution is -0.150. The second kappa shape index (κ2) is 6.58. The van der Waals surface area contributed by atoms with Crippen LogP contribution < -0.4 is 10.5 Å². The van der Waals surface area contributed by atoms with Gasteiger partial charge in [-0.05, 0) is 13.0 Å². The van der Waals surface area contributed by atoms with E-state index in [0.29, 0.717) is 18.8 Å². The third-order valence-corrected chi connectivity index (χ3v) is 3.69. The number of likely N-dealkylation sites (N-methyl/N-ethyl adjacent to an activating group) is 1. The van der Waals surface area contributed by atoms with Crippen LogP contribution in [0.25, 0.3) is 0 Å². The van der Waals surface area contributed by atoms with E-state index >= 15 is 0 Å². The van der Waals surface area contributed by atoms with E-state index in [4.69, 9.17) is 10.5 Å². The van der Waals surface area contributed by atoms with Crippen LogP contribution in [-0.4, -0.2) is 54.9 Å². The molecule has 1 heterocycles. The number of amides is 2. The van der Waals surface area contributed by atoms with Gasteiger partial charge in [-0.1, -0.05) is 18.2 Å². The van der Waals surface area contributed by atoms with E-state index in [1.165, 1.54) is 4.90 Å². The van der Waals surface area contributed by atoms with Crippen molar-refractivity contribution in [2.75, 3.05) is 33.3 Å². The number of ether oxygens (including phenoxy) is 1. The van der Waals surface area contributed by atoms with Crippen molar-refractivity contribution in [2.45, 2.75) is 13.0 Å². The summed E-state index contributed by atoms with van der Waals surface area (Å²) in [5, 5.41) is 0. The maximum absolute atomic E-state index is 12.1. The molecule has 1 aliphatic heterocycles. The first kappa shape index (κ1) is 15.3. The lowest BCUT2D eigenvalue weighted by atomic mass is 10.1. The quantitative estimate of drug-likeness (QED) is 0.851. The predicted molar refractivity (Wildman–Crippen MR) is 78.8 cm³/mol. The standard InChI is InChI=1S/C15H21N3O3/c1-3-17-9-15(20)18(10-14(17)19)8-12(16)11-6-4-5-7-13(11)21-2/h4-7,12H,3,8-10,16H2,1-2H3. The van der Waals surface area contributed by atoms with Gasteiger partial charge in [-0.2, -0.15) is 0 Å². The first-order valence-corrected chi connectivity index (χ1v) is 7.00. The summed E-state index contributed by atoms with van der Waals surface area (Å²) in [5.41, 5.74) is 7.01. The van der Waals surface area contributed by atoms with Crippen LogP contribution in [0.5, 0.6) is 5.75 Å². The average Bonchev–Trinajstić information content (AvgIpc) is 2.50. The monoisotopic (exact) mass is 291 g/mol. The van der Waals surface area contributed by atoms with Crippen LogP contribution in [0.3, 0.4) is 0 Å². The fraction of sp³-hybridized carbons (Fsp3) is 0.467. The maximum atomic E-state index is 12.1. The number of carbonyl (C=O) groups is 2. The van der Waals surface area contributed by atoms with Gasteiger partial charge in [0.25, 0.3) is 0 Å². The zero-order valence-electron chi connectivity index (χ0n) is 12.4. The topological polar surface area (TPSA) is 75.9 Å². The Hall–Kier alpha value is -2.08. The molecule has 6 nitrogen and oxygen atoms in total. The SMILES string of the molecule is CCN1CC(=O)N(CC(N)c2ccccc2OC)CC1=O. The molecule has 21 heavy (non-hydrogen) atoms. The lowest BCUT2D eigenvalue weighted by Crippen LogP contribution is -2.54. The summed E-state index contributed by atoms with van der Waals surface area (Å²) in [5.74, 6) is 0.585. The van der Waals surface area contributed by atoms with Crippen molar-refractivity contribution in [1.82, 2.24) is 9.80 Å². The Morgan fingerprint density at radius 2 is 1.81 bits per heavy atom. The van der Waals surface area contributed by atoms with Crippen LogP contribution in [0.2, 0.25) is 0 Å². The van der Waals surface area contributed by atoms with Gasteiger partial charge >= 0.3 is 0 Å². The molecule has 0 aliphatic carbocycles. The number of piperazine rings is 1. The van der Waals surface area contributed by atoms with E-state index in [0.717, 1.165) is 5.56 Å². The molecular formula is C15H21N3O3. The van der Waals surface area contributed by atoms with Gasteiger partial charge in [0.2, 0.25) is 11.8 Å². The molecule has 0 aromatic heterocycles. The summed E-state index contributed by atoms with van der Waals surface area (Å²) < 4.78 is 5.28. The van der Waals surface area contributed by atoms with E-state index < -0.39 is 0 Å². The average molecular weight is 291 g/mol. The minimum atomic E-state index is -0.383. The van der Waals surface area contributed by atoms with Crippen LogP contribution in [0.15, 0.2) is 24.3 Å². The van der Waals surface area contributed by atoms with Crippen molar-refractivity contribution < 1.29 is 14.3 Å². The van der Waals surface area contributed by atoms with E-state index in [-0.39, 0.29) is 30.9 Å². The van der Waals surface area contributed by atoms with Crippen LogP contribution in [0.1, 0.15) is 18.5 Å². The molecule has 1 aromatic carbocycles. The van der Waals surface area contributed by atoms with Gasteiger partial charge in [0.15, 0.2) is 0 Å². The highest BCUT2D eigenvalue weighted by Gasteiger charge is 2.30. The van der Waals surface area contributed by atoms with Gasteiger partial charge in [0.05, 0.1) is 26.2 Å². The Morgan fingerprint density at radius 1 is 1.19 bits per heavy atom. The van der Waals surface area contributed by atoms with Crippen LogP contribution >= 0.6 is 0 Å². The second-order valence-electron chi connectivity index (χ2n) is 5.03. The third-order valence-electron chi connectivity index (χ3n) is 3.69. The fourth-order valence-electron chi connectivity index (χ4n) is 2.47. The van der Waals surface area contributed by atoms with Crippen LogP contribution in [0, 0.1) is 0 Å².